The molecule has 1 aromatic heterocycles. The van der Waals surface area contributed by atoms with Crippen molar-refractivity contribution in [3.8, 4) is 11.3 Å². The van der Waals surface area contributed by atoms with Crippen molar-refractivity contribution < 1.29 is 0 Å². The quantitative estimate of drug-likeness (QED) is 0.778. The maximum Gasteiger partial charge on any atom is 0.180 e. The molecule has 0 amide bonds. The zero-order valence-corrected chi connectivity index (χ0v) is 11.9. The number of anilines is 1. The summed E-state index contributed by atoms with van der Waals surface area (Å²) in [6, 6.07) is 20.8. The number of rotatable bonds is 4. The Balaban J connectivity index is 1.84. The van der Waals surface area contributed by atoms with Gasteiger partial charge in [-0.25, -0.2) is 4.98 Å². The fraction of sp³-hybridized carbons (Fsp3) is 0.118. The lowest BCUT2D eigenvalue weighted by molar-refractivity contribution is 0.978. The van der Waals surface area contributed by atoms with Crippen molar-refractivity contribution in [2.45, 2.75) is 12.8 Å². The van der Waals surface area contributed by atoms with Crippen LogP contribution in [0.5, 0.6) is 0 Å². The van der Waals surface area contributed by atoms with Gasteiger partial charge in [0.1, 0.15) is 0 Å². The van der Waals surface area contributed by atoms with E-state index < -0.39 is 0 Å². The molecule has 3 rings (SSSR count). The highest BCUT2D eigenvalue weighted by atomic mass is 32.1. The van der Waals surface area contributed by atoms with Crippen molar-refractivity contribution in [3.63, 3.8) is 0 Å². The fourth-order valence-electron chi connectivity index (χ4n) is 2.26. The number of aromatic nitrogens is 1. The van der Waals surface area contributed by atoms with E-state index in [9.17, 15) is 0 Å². The van der Waals surface area contributed by atoms with Gasteiger partial charge in [0.25, 0.3) is 0 Å². The smallest absolute Gasteiger partial charge is 0.180 e. The SMILES string of the molecule is Nc1nc(-c2ccccc2)c(CCc2ccccc2)s1. The van der Waals surface area contributed by atoms with Crippen LogP contribution in [0.1, 0.15) is 10.4 Å². The van der Waals surface area contributed by atoms with Crippen LogP contribution >= 0.6 is 11.3 Å². The molecule has 0 unspecified atom stereocenters. The number of thiazole rings is 1. The predicted octanol–water partition coefficient (Wildman–Crippen LogP) is 4.18. The molecule has 1 heterocycles. The average molecular weight is 280 g/mol. The molecule has 100 valence electrons. The molecule has 0 saturated heterocycles. The monoisotopic (exact) mass is 280 g/mol. The number of benzene rings is 2. The van der Waals surface area contributed by atoms with Crippen molar-refractivity contribution in [3.05, 3.63) is 71.1 Å². The van der Waals surface area contributed by atoms with E-state index in [4.69, 9.17) is 5.73 Å². The van der Waals surface area contributed by atoms with Crippen molar-refractivity contribution in [1.82, 2.24) is 4.98 Å². The van der Waals surface area contributed by atoms with Gasteiger partial charge in [-0.2, -0.15) is 0 Å². The molecule has 0 fully saturated rings. The minimum absolute atomic E-state index is 0.645. The predicted molar refractivity (Wildman–Crippen MR) is 85.8 cm³/mol. The Bertz CT molecular complexity index is 675. The van der Waals surface area contributed by atoms with Gasteiger partial charge in [-0.1, -0.05) is 60.7 Å². The maximum absolute atomic E-state index is 5.89. The first-order chi connectivity index (χ1) is 9.83. The molecule has 3 heteroatoms. The second-order valence-corrected chi connectivity index (χ2v) is 5.79. The van der Waals surface area contributed by atoms with E-state index in [0.29, 0.717) is 5.13 Å². The normalized spacial score (nSPS) is 10.6. The lowest BCUT2D eigenvalue weighted by Gasteiger charge is -2.03. The van der Waals surface area contributed by atoms with Gasteiger partial charge >= 0.3 is 0 Å². The van der Waals surface area contributed by atoms with E-state index >= 15 is 0 Å². The maximum atomic E-state index is 5.89. The summed E-state index contributed by atoms with van der Waals surface area (Å²) in [6.07, 6.45) is 1.99. The first-order valence-corrected chi connectivity index (χ1v) is 7.49. The number of hydrogen-bond donors (Lipinski definition) is 1. The van der Waals surface area contributed by atoms with E-state index in [1.807, 2.05) is 24.3 Å². The Morgan fingerprint density at radius 1 is 0.850 bits per heavy atom. The van der Waals surface area contributed by atoms with Crippen LogP contribution in [0.2, 0.25) is 0 Å². The fourth-order valence-corrected chi connectivity index (χ4v) is 3.12. The molecule has 0 aliphatic carbocycles. The number of nitrogens with zero attached hydrogens (tertiary/aromatic N) is 1. The van der Waals surface area contributed by atoms with Crippen molar-refractivity contribution in [2.24, 2.45) is 0 Å². The summed E-state index contributed by atoms with van der Waals surface area (Å²) in [5, 5.41) is 0.645. The molecule has 0 aliphatic heterocycles. The van der Waals surface area contributed by atoms with Gasteiger partial charge in [-0.05, 0) is 18.4 Å². The Morgan fingerprint density at radius 2 is 1.50 bits per heavy atom. The van der Waals surface area contributed by atoms with E-state index in [1.54, 1.807) is 11.3 Å². The third-order valence-electron chi connectivity index (χ3n) is 3.24. The lowest BCUT2D eigenvalue weighted by Crippen LogP contribution is -1.91. The molecule has 0 spiro atoms. The highest BCUT2D eigenvalue weighted by Gasteiger charge is 2.11. The molecular formula is C17H16N2S. The van der Waals surface area contributed by atoms with Gasteiger partial charge < -0.3 is 5.73 Å². The summed E-state index contributed by atoms with van der Waals surface area (Å²) in [4.78, 5) is 5.75. The Labute approximate surface area is 122 Å². The van der Waals surface area contributed by atoms with Gasteiger partial charge in [0, 0.05) is 10.4 Å². The van der Waals surface area contributed by atoms with Gasteiger partial charge in [0.05, 0.1) is 5.69 Å². The second-order valence-electron chi connectivity index (χ2n) is 4.68. The molecule has 2 aromatic carbocycles. The number of nitrogen functional groups attached to an aromatic ring is 1. The molecule has 0 atom stereocenters. The number of nitrogens with two attached hydrogens (primary N) is 1. The van der Waals surface area contributed by atoms with Crippen molar-refractivity contribution >= 4 is 16.5 Å². The molecule has 3 aromatic rings. The Morgan fingerprint density at radius 3 is 2.20 bits per heavy atom. The van der Waals surface area contributed by atoms with Crippen LogP contribution in [0.15, 0.2) is 60.7 Å². The van der Waals surface area contributed by atoms with Crippen LogP contribution in [0.4, 0.5) is 5.13 Å². The summed E-state index contributed by atoms with van der Waals surface area (Å²) in [5.74, 6) is 0. The number of hydrogen-bond acceptors (Lipinski definition) is 3. The zero-order chi connectivity index (χ0) is 13.8. The summed E-state index contributed by atoms with van der Waals surface area (Å²) in [7, 11) is 0. The van der Waals surface area contributed by atoms with Gasteiger partial charge in [-0.15, -0.1) is 11.3 Å². The minimum Gasteiger partial charge on any atom is -0.375 e. The Hall–Kier alpha value is -2.13. The molecule has 20 heavy (non-hydrogen) atoms. The van der Waals surface area contributed by atoms with Gasteiger partial charge in [-0.3, -0.25) is 0 Å². The minimum atomic E-state index is 0.645. The van der Waals surface area contributed by atoms with Gasteiger partial charge in [0.2, 0.25) is 0 Å². The standard InChI is InChI=1S/C17H16N2S/c18-17-19-16(14-9-5-2-6-10-14)15(20-17)12-11-13-7-3-1-4-8-13/h1-10H,11-12H2,(H2,18,19). The topological polar surface area (TPSA) is 38.9 Å². The Kier molecular flexibility index (Phi) is 3.79. The van der Waals surface area contributed by atoms with Crippen LogP contribution in [-0.4, -0.2) is 4.98 Å². The van der Waals surface area contributed by atoms with Crippen LogP contribution in [0.3, 0.4) is 0 Å². The van der Waals surface area contributed by atoms with Crippen molar-refractivity contribution in [2.75, 3.05) is 5.73 Å². The summed E-state index contributed by atoms with van der Waals surface area (Å²) in [6.45, 7) is 0. The molecule has 0 bridgehead atoms. The molecule has 2 N–H and O–H groups in total. The zero-order valence-electron chi connectivity index (χ0n) is 11.1. The molecule has 0 aliphatic rings. The number of aryl methyl sites for hydroxylation is 2. The van der Waals surface area contributed by atoms with Crippen molar-refractivity contribution in [1.29, 1.82) is 0 Å². The third kappa shape index (κ3) is 2.89. The summed E-state index contributed by atoms with van der Waals surface area (Å²) >= 11 is 1.60. The highest BCUT2D eigenvalue weighted by molar-refractivity contribution is 7.15. The van der Waals surface area contributed by atoms with E-state index in [-0.39, 0.29) is 0 Å². The van der Waals surface area contributed by atoms with Crippen LogP contribution in [-0.2, 0) is 12.8 Å². The summed E-state index contributed by atoms with van der Waals surface area (Å²) in [5.41, 5.74) is 9.41. The molecule has 0 saturated carbocycles. The summed E-state index contributed by atoms with van der Waals surface area (Å²) < 4.78 is 0. The van der Waals surface area contributed by atoms with E-state index in [2.05, 4.69) is 41.4 Å². The van der Waals surface area contributed by atoms with E-state index in [1.165, 1.54) is 10.4 Å². The average Bonchev–Trinajstić information content (AvgIpc) is 2.88. The van der Waals surface area contributed by atoms with E-state index in [0.717, 1.165) is 24.1 Å². The van der Waals surface area contributed by atoms with Gasteiger partial charge in [0.15, 0.2) is 5.13 Å². The third-order valence-corrected chi connectivity index (χ3v) is 4.19. The van der Waals surface area contributed by atoms with Crippen LogP contribution < -0.4 is 5.73 Å². The van der Waals surface area contributed by atoms with Crippen LogP contribution in [0.25, 0.3) is 11.3 Å². The first kappa shape index (κ1) is 12.9. The molecule has 2 nitrogen and oxygen atoms in total. The first-order valence-electron chi connectivity index (χ1n) is 6.67. The lowest BCUT2D eigenvalue weighted by atomic mass is 10.1. The van der Waals surface area contributed by atoms with Crippen LogP contribution in [0, 0.1) is 0 Å². The molecule has 0 radical (unpaired) electrons. The second kappa shape index (κ2) is 5.88. The molecular weight excluding hydrogens is 264 g/mol. The highest BCUT2D eigenvalue weighted by Crippen LogP contribution is 2.30. The largest absolute Gasteiger partial charge is 0.375 e.